The summed E-state index contributed by atoms with van der Waals surface area (Å²) in [6, 6.07) is 77.9. The Balaban J connectivity index is 0.982. The van der Waals surface area contributed by atoms with Gasteiger partial charge in [-0.3, -0.25) is 0 Å². The Morgan fingerprint density at radius 2 is 0.812 bits per heavy atom. The predicted molar refractivity (Wildman–Crippen MR) is 265 cm³/mol. The third-order valence-electron chi connectivity index (χ3n) is 13.1. The van der Waals surface area contributed by atoms with Gasteiger partial charge in [-0.1, -0.05) is 184 Å². The minimum atomic E-state index is -0.154. The van der Waals surface area contributed by atoms with Crippen LogP contribution in [0.3, 0.4) is 0 Å². The molecule has 64 heavy (non-hydrogen) atoms. The van der Waals surface area contributed by atoms with E-state index in [1.165, 1.54) is 38.9 Å². The van der Waals surface area contributed by atoms with Crippen LogP contribution in [0.5, 0.6) is 0 Å². The highest BCUT2D eigenvalue weighted by atomic mass is 16.3. The number of benzene rings is 9. The summed E-state index contributed by atoms with van der Waals surface area (Å²) in [4.78, 5) is 10.6. The van der Waals surface area contributed by atoms with Crippen molar-refractivity contribution in [3.63, 3.8) is 0 Å². The minimum Gasteiger partial charge on any atom is -0.455 e. The van der Waals surface area contributed by atoms with Crippen LogP contribution in [0, 0.1) is 0 Å². The van der Waals surface area contributed by atoms with Crippen LogP contribution in [0.25, 0.3) is 111 Å². The first-order valence-electron chi connectivity index (χ1n) is 22.0. The molecule has 0 fully saturated rings. The van der Waals surface area contributed by atoms with Crippen LogP contribution in [-0.4, -0.2) is 9.97 Å². The number of fused-ring (bicyclic) bond motifs is 6. The van der Waals surface area contributed by atoms with Crippen LogP contribution in [0.1, 0.15) is 25.0 Å². The molecular formula is C61H42N2O. The first-order valence-corrected chi connectivity index (χ1v) is 22.0. The maximum Gasteiger partial charge on any atom is 0.160 e. The fourth-order valence-electron chi connectivity index (χ4n) is 9.75. The van der Waals surface area contributed by atoms with Crippen molar-refractivity contribution in [3.8, 4) is 89.5 Å². The summed E-state index contributed by atoms with van der Waals surface area (Å²) in [5, 5.41) is 2.21. The van der Waals surface area contributed by atoms with E-state index in [0.29, 0.717) is 5.82 Å². The molecule has 2 aromatic heterocycles. The molecule has 0 amide bonds. The average molecular weight is 819 g/mol. The summed E-state index contributed by atoms with van der Waals surface area (Å²) in [5.41, 5.74) is 20.8. The molecular weight excluding hydrogens is 777 g/mol. The Labute approximate surface area is 373 Å². The van der Waals surface area contributed by atoms with Crippen molar-refractivity contribution in [2.24, 2.45) is 0 Å². The first-order chi connectivity index (χ1) is 31.4. The van der Waals surface area contributed by atoms with Gasteiger partial charge in [-0.15, -0.1) is 0 Å². The molecule has 0 bridgehead atoms. The SMILES string of the molecule is CC1(C)c2cc(-c3ccccc3)ccc2-c2ccc(-c3cccc(-c4cc(-c5cc(-c6ccccc6)cc(-c6cccc7c6oc6ccccc67)c5)nc(-c5ccccc5)n4)c3)cc21. The predicted octanol–water partition coefficient (Wildman–Crippen LogP) is 16.4. The summed E-state index contributed by atoms with van der Waals surface area (Å²) in [7, 11) is 0. The van der Waals surface area contributed by atoms with Crippen LogP contribution in [0.15, 0.2) is 223 Å². The maximum absolute atomic E-state index is 6.58. The monoisotopic (exact) mass is 818 g/mol. The summed E-state index contributed by atoms with van der Waals surface area (Å²) >= 11 is 0. The zero-order chi connectivity index (χ0) is 42.8. The molecule has 11 aromatic rings. The fourth-order valence-corrected chi connectivity index (χ4v) is 9.75. The van der Waals surface area contributed by atoms with Gasteiger partial charge in [0.1, 0.15) is 11.2 Å². The van der Waals surface area contributed by atoms with E-state index >= 15 is 0 Å². The van der Waals surface area contributed by atoms with E-state index in [-0.39, 0.29) is 5.41 Å². The fraction of sp³-hybridized carbons (Fsp3) is 0.0492. The normalized spacial score (nSPS) is 12.7. The number of hydrogen-bond donors (Lipinski definition) is 0. The smallest absolute Gasteiger partial charge is 0.160 e. The summed E-state index contributed by atoms with van der Waals surface area (Å²) < 4.78 is 6.58. The van der Waals surface area contributed by atoms with Crippen molar-refractivity contribution >= 4 is 21.9 Å². The van der Waals surface area contributed by atoms with Gasteiger partial charge in [-0.05, 0) is 110 Å². The van der Waals surface area contributed by atoms with Gasteiger partial charge in [0, 0.05) is 38.4 Å². The molecule has 3 heteroatoms. The lowest BCUT2D eigenvalue weighted by molar-refractivity contribution is 0.661. The van der Waals surface area contributed by atoms with E-state index in [9.17, 15) is 0 Å². The van der Waals surface area contributed by atoms with Gasteiger partial charge in [-0.25, -0.2) is 9.97 Å². The van der Waals surface area contributed by atoms with Crippen LogP contribution in [-0.2, 0) is 5.41 Å². The molecule has 1 aliphatic rings. The quantitative estimate of drug-likeness (QED) is 0.161. The lowest BCUT2D eigenvalue weighted by atomic mass is 9.81. The third-order valence-corrected chi connectivity index (χ3v) is 13.1. The van der Waals surface area contributed by atoms with E-state index in [4.69, 9.17) is 14.4 Å². The molecule has 9 aromatic carbocycles. The highest BCUT2D eigenvalue weighted by Gasteiger charge is 2.36. The largest absolute Gasteiger partial charge is 0.455 e. The number of aromatic nitrogens is 2. The van der Waals surface area contributed by atoms with Crippen molar-refractivity contribution in [3.05, 3.63) is 230 Å². The molecule has 1 aliphatic carbocycles. The van der Waals surface area contributed by atoms with Gasteiger partial charge in [0.05, 0.1) is 11.4 Å². The zero-order valence-corrected chi connectivity index (χ0v) is 35.6. The van der Waals surface area contributed by atoms with Crippen molar-refractivity contribution in [2.75, 3.05) is 0 Å². The van der Waals surface area contributed by atoms with E-state index in [2.05, 4.69) is 202 Å². The zero-order valence-electron chi connectivity index (χ0n) is 35.6. The Morgan fingerprint density at radius 1 is 0.328 bits per heavy atom. The molecule has 0 atom stereocenters. The summed E-state index contributed by atoms with van der Waals surface area (Å²) in [6.07, 6.45) is 0. The highest BCUT2D eigenvalue weighted by molar-refractivity contribution is 6.10. The van der Waals surface area contributed by atoms with E-state index in [1.807, 2.05) is 30.3 Å². The molecule has 3 nitrogen and oxygen atoms in total. The second-order valence-corrected chi connectivity index (χ2v) is 17.4. The highest BCUT2D eigenvalue weighted by Crippen LogP contribution is 2.51. The van der Waals surface area contributed by atoms with Crippen LogP contribution < -0.4 is 0 Å². The number of nitrogens with zero attached hydrogens (tertiary/aromatic N) is 2. The summed E-state index contributed by atoms with van der Waals surface area (Å²) in [6.45, 7) is 4.71. The van der Waals surface area contributed by atoms with Crippen LogP contribution in [0.2, 0.25) is 0 Å². The molecule has 0 N–H and O–H groups in total. The Morgan fingerprint density at radius 3 is 1.52 bits per heavy atom. The van der Waals surface area contributed by atoms with Crippen molar-refractivity contribution < 1.29 is 4.42 Å². The molecule has 0 unspecified atom stereocenters. The Kier molecular flexibility index (Phi) is 8.84. The van der Waals surface area contributed by atoms with E-state index in [0.717, 1.165) is 77.8 Å². The molecule has 0 aliphatic heterocycles. The molecule has 0 saturated heterocycles. The molecule has 0 saturated carbocycles. The number of para-hydroxylation sites is 2. The number of rotatable bonds is 7. The van der Waals surface area contributed by atoms with Gasteiger partial charge < -0.3 is 4.42 Å². The van der Waals surface area contributed by atoms with Gasteiger partial charge in [0.15, 0.2) is 5.82 Å². The number of hydrogen-bond acceptors (Lipinski definition) is 3. The minimum absolute atomic E-state index is 0.154. The molecule has 2 heterocycles. The third kappa shape index (κ3) is 6.44. The van der Waals surface area contributed by atoms with Gasteiger partial charge in [0.25, 0.3) is 0 Å². The standard InChI is InChI=1S/C61H42N2O/c1-61(2)54-36-43(39-16-6-3-7-17-39)28-30-50(54)51-31-29-44(37-55(51)61)42-22-14-23-45(32-42)56-38-57(63-60(62-56)41-20-10-5-11-21-41)48-34-46(40-18-8-4-9-19-40)33-47(35-48)49-25-15-26-53-52-24-12-13-27-58(52)64-59(49)53/h3-38H,1-2H3. The van der Waals surface area contributed by atoms with Gasteiger partial charge in [0.2, 0.25) is 0 Å². The Bertz CT molecular complexity index is 3570. The molecule has 0 spiro atoms. The average Bonchev–Trinajstić information content (AvgIpc) is 3.86. The van der Waals surface area contributed by atoms with Crippen molar-refractivity contribution in [1.29, 1.82) is 0 Å². The second-order valence-electron chi connectivity index (χ2n) is 17.4. The molecule has 12 rings (SSSR count). The van der Waals surface area contributed by atoms with Crippen molar-refractivity contribution in [1.82, 2.24) is 9.97 Å². The van der Waals surface area contributed by atoms with Crippen LogP contribution >= 0.6 is 0 Å². The van der Waals surface area contributed by atoms with Crippen molar-refractivity contribution in [2.45, 2.75) is 19.3 Å². The van der Waals surface area contributed by atoms with E-state index in [1.54, 1.807) is 0 Å². The molecule has 302 valence electrons. The Hall–Kier alpha value is -8.14. The first kappa shape index (κ1) is 37.6. The van der Waals surface area contributed by atoms with Crippen LogP contribution in [0.4, 0.5) is 0 Å². The van der Waals surface area contributed by atoms with Gasteiger partial charge >= 0.3 is 0 Å². The lowest BCUT2D eigenvalue weighted by Gasteiger charge is -2.22. The van der Waals surface area contributed by atoms with E-state index < -0.39 is 0 Å². The maximum atomic E-state index is 6.58. The summed E-state index contributed by atoms with van der Waals surface area (Å²) in [5.74, 6) is 0.677. The molecule has 0 radical (unpaired) electrons. The lowest BCUT2D eigenvalue weighted by Crippen LogP contribution is -2.15. The topological polar surface area (TPSA) is 38.9 Å². The van der Waals surface area contributed by atoms with Gasteiger partial charge in [-0.2, -0.15) is 0 Å². The second kappa shape index (κ2) is 15.0. The number of furan rings is 1.